The molecule has 1 fully saturated rings. The van der Waals surface area contributed by atoms with Gasteiger partial charge in [-0.05, 0) is 50.0 Å². The van der Waals surface area contributed by atoms with Crippen molar-refractivity contribution < 1.29 is 29.3 Å². The molecular formula is C20H31ClN4O6. The lowest BCUT2D eigenvalue weighted by Gasteiger charge is -2.28. The Labute approximate surface area is 187 Å². The number of phenols is 1. The number of halogens is 1. The van der Waals surface area contributed by atoms with Gasteiger partial charge >= 0.3 is 5.97 Å². The van der Waals surface area contributed by atoms with E-state index < -0.39 is 30.1 Å². The number of nitrogens with one attached hydrogen (secondary N) is 1. The third-order valence-corrected chi connectivity index (χ3v) is 4.81. The molecule has 7 N–H and O–H groups in total. The van der Waals surface area contributed by atoms with Crippen LogP contribution in [0.2, 0.25) is 0 Å². The first-order valence-corrected chi connectivity index (χ1v) is 10.0. The van der Waals surface area contributed by atoms with E-state index in [9.17, 15) is 19.5 Å². The standard InChI is InChI=1S/C20H30N4O6.ClH/c21-8-1-2-10-24(11-3-9-22)19(27)15(12-13-4-6-14(25)7-5-13)23-18(26)16-17(30-16)20(28)29;/h4-7,15-17,25H,1-3,8-12,21-22H2,(H,23,26)(H,28,29);1H/t15-,16-,17-;/m0./s1. The number of epoxide rings is 1. The molecule has 0 unspecified atom stereocenters. The molecule has 1 aliphatic heterocycles. The lowest BCUT2D eigenvalue weighted by molar-refractivity contribution is -0.138. The van der Waals surface area contributed by atoms with Gasteiger partial charge in [0.1, 0.15) is 11.8 Å². The highest BCUT2D eigenvalue weighted by Crippen LogP contribution is 2.23. The first-order valence-electron chi connectivity index (χ1n) is 10.0. The van der Waals surface area contributed by atoms with E-state index >= 15 is 0 Å². The Balaban J connectivity index is 0.00000480. The summed E-state index contributed by atoms with van der Waals surface area (Å²) in [6.45, 7) is 1.86. The highest BCUT2D eigenvalue weighted by molar-refractivity contribution is 5.95. The Kier molecular flexibility index (Phi) is 11.3. The van der Waals surface area contributed by atoms with E-state index in [0.29, 0.717) is 32.6 Å². The Morgan fingerprint density at radius 3 is 2.19 bits per heavy atom. The number of phenolic OH excluding ortho intramolecular Hbond substituents is 1. The third kappa shape index (κ3) is 8.33. The lowest BCUT2D eigenvalue weighted by atomic mass is 10.0. The fourth-order valence-electron chi connectivity index (χ4n) is 3.10. The van der Waals surface area contributed by atoms with Crippen LogP contribution in [0, 0.1) is 0 Å². The number of unbranched alkanes of at least 4 members (excludes halogenated alkanes) is 1. The fraction of sp³-hybridized carbons (Fsp3) is 0.550. The number of hydrogen-bond donors (Lipinski definition) is 5. The maximum atomic E-state index is 13.2. The van der Waals surface area contributed by atoms with Gasteiger partial charge in [-0.25, -0.2) is 4.79 Å². The summed E-state index contributed by atoms with van der Waals surface area (Å²) in [7, 11) is 0. The number of nitrogens with two attached hydrogens (primary N) is 2. The van der Waals surface area contributed by atoms with Gasteiger partial charge in [0.05, 0.1) is 0 Å². The summed E-state index contributed by atoms with van der Waals surface area (Å²) in [6, 6.07) is 5.41. The minimum atomic E-state index is -1.22. The summed E-state index contributed by atoms with van der Waals surface area (Å²) in [6.07, 6.45) is -0.0107. The Bertz CT molecular complexity index is 733. The van der Waals surface area contributed by atoms with Crippen LogP contribution in [-0.2, 0) is 25.5 Å². The second-order valence-electron chi connectivity index (χ2n) is 7.21. The summed E-state index contributed by atoms with van der Waals surface area (Å²) >= 11 is 0. The number of carboxylic acids is 1. The van der Waals surface area contributed by atoms with E-state index in [0.717, 1.165) is 18.4 Å². The molecule has 10 nitrogen and oxygen atoms in total. The summed E-state index contributed by atoms with van der Waals surface area (Å²) < 4.78 is 4.89. The molecule has 174 valence electrons. The van der Waals surface area contributed by atoms with E-state index in [2.05, 4.69) is 5.32 Å². The van der Waals surface area contributed by atoms with Crippen molar-refractivity contribution in [1.82, 2.24) is 10.2 Å². The number of aromatic hydroxyl groups is 1. The van der Waals surface area contributed by atoms with E-state index in [1.54, 1.807) is 17.0 Å². The number of nitrogens with zero attached hydrogens (tertiary/aromatic N) is 1. The first-order chi connectivity index (χ1) is 14.4. The van der Waals surface area contributed by atoms with E-state index in [1.807, 2.05) is 0 Å². The van der Waals surface area contributed by atoms with Crippen molar-refractivity contribution in [3.8, 4) is 5.75 Å². The van der Waals surface area contributed by atoms with Crippen LogP contribution >= 0.6 is 12.4 Å². The van der Waals surface area contributed by atoms with Crippen LogP contribution in [0.25, 0.3) is 0 Å². The number of amides is 2. The van der Waals surface area contributed by atoms with Crippen LogP contribution in [0.4, 0.5) is 0 Å². The number of carbonyl (C=O) groups excluding carboxylic acids is 2. The second-order valence-corrected chi connectivity index (χ2v) is 7.21. The Morgan fingerprint density at radius 1 is 1.03 bits per heavy atom. The van der Waals surface area contributed by atoms with Gasteiger partial charge in [0.15, 0.2) is 12.2 Å². The van der Waals surface area contributed by atoms with Crippen LogP contribution in [-0.4, -0.2) is 77.3 Å². The third-order valence-electron chi connectivity index (χ3n) is 4.81. The van der Waals surface area contributed by atoms with Gasteiger partial charge in [-0.1, -0.05) is 12.1 Å². The fourth-order valence-corrected chi connectivity index (χ4v) is 3.10. The van der Waals surface area contributed by atoms with Crippen LogP contribution in [0.3, 0.4) is 0 Å². The summed E-state index contributed by atoms with van der Waals surface area (Å²) in [4.78, 5) is 38.3. The van der Waals surface area contributed by atoms with E-state index in [4.69, 9.17) is 21.3 Å². The van der Waals surface area contributed by atoms with Gasteiger partial charge in [-0.2, -0.15) is 0 Å². The maximum absolute atomic E-state index is 13.2. The number of aliphatic carboxylic acids is 1. The predicted octanol–water partition coefficient (Wildman–Crippen LogP) is -0.390. The number of benzene rings is 1. The molecule has 3 atom stereocenters. The zero-order valence-corrected chi connectivity index (χ0v) is 18.1. The average molecular weight is 459 g/mol. The van der Waals surface area contributed by atoms with Crippen LogP contribution < -0.4 is 16.8 Å². The Morgan fingerprint density at radius 2 is 1.65 bits per heavy atom. The van der Waals surface area contributed by atoms with Crippen molar-refractivity contribution in [1.29, 1.82) is 0 Å². The molecule has 0 saturated carbocycles. The van der Waals surface area contributed by atoms with Crippen molar-refractivity contribution in [2.45, 2.75) is 43.9 Å². The van der Waals surface area contributed by atoms with Gasteiger partial charge in [0.2, 0.25) is 5.91 Å². The number of carbonyl (C=O) groups is 3. The predicted molar refractivity (Wildman–Crippen MR) is 116 cm³/mol. The van der Waals surface area contributed by atoms with Crippen molar-refractivity contribution in [3.63, 3.8) is 0 Å². The molecule has 1 aliphatic rings. The van der Waals surface area contributed by atoms with Gasteiger partial charge < -0.3 is 36.6 Å². The smallest absolute Gasteiger partial charge is 0.336 e. The average Bonchev–Trinajstić information content (AvgIpc) is 3.52. The zero-order chi connectivity index (χ0) is 22.1. The molecular weight excluding hydrogens is 428 g/mol. The molecule has 0 aliphatic carbocycles. The first kappa shape index (κ1) is 26.6. The second kappa shape index (κ2) is 13.1. The highest BCUT2D eigenvalue weighted by Gasteiger charge is 2.51. The minimum Gasteiger partial charge on any atom is -0.508 e. The molecule has 1 saturated heterocycles. The Hall–Kier alpha value is -2.40. The lowest BCUT2D eigenvalue weighted by Crippen LogP contribution is -2.51. The maximum Gasteiger partial charge on any atom is 0.336 e. The van der Waals surface area contributed by atoms with Gasteiger partial charge in [0.25, 0.3) is 5.91 Å². The molecule has 0 radical (unpaired) electrons. The van der Waals surface area contributed by atoms with Crippen LogP contribution in [0.15, 0.2) is 24.3 Å². The summed E-state index contributed by atoms with van der Waals surface area (Å²) in [5, 5.41) is 21.1. The molecule has 31 heavy (non-hydrogen) atoms. The SMILES string of the molecule is Cl.NCCCCN(CCCN)C(=O)[C@H](Cc1ccc(O)cc1)NC(=O)[C@H]1O[C@@H]1C(=O)O. The minimum absolute atomic E-state index is 0. The van der Waals surface area contributed by atoms with Crippen molar-refractivity contribution in [2.75, 3.05) is 26.2 Å². The number of ether oxygens (including phenoxy) is 1. The molecule has 0 aromatic heterocycles. The number of rotatable bonds is 13. The molecule has 2 amide bonds. The molecule has 1 heterocycles. The summed E-state index contributed by atoms with van der Waals surface area (Å²) in [5.74, 6) is -2.05. The molecule has 1 aromatic rings. The highest BCUT2D eigenvalue weighted by atomic mass is 35.5. The molecule has 0 spiro atoms. The molecule has 2 rings (SSSR count). The topological polar surface area (TPSA) is 172 Å². The monoisotopic (exact) mass is 458 g/mol. The van der Waals surface area contributed by atoms with Gasteiger partial charge in [0, 0.05) is 19.5 Å². The summed E-state index contributed by atoms with van der Waals surface area (Å²) in [5.41, 5.74) is 11.9. The van der Waals surface area contributed by atoms with Crippen LogP contribution in [0.5, 0.6) is 5.75 Å². The van der Waals surface area contributed by atoms with Crippen LogP contribution in [0.1, 0.15) is 24.8 Å². The van der Waals surface area contributed by atoms with E-state index in [-0.39, 0.29) is 30.5 Å². The molecule has 0 bridgehead atoms. The number of carboxylic acid groups (broad SMARTS) is 1. The zero-order valence-electron chi connectivity index (χ0n) is 17.2. The molecule has 1 aromatic carbocycles. The van der Waals surface area contributed by atoms with Gasteiger partial charge in [-0.15, -0.1) is 12.4 Å². The van der Waals surface area contributed by atoms with Crippen molar-refractivity contribution >= 4 is 30.2 Å². The molecule has 11 heteroatoms. The van der Waals surface area contributed by atoms with E-state index in [1.165, 1.54) is 12.1 Å². The van der Waals surface area contributed by atoms with Gasteiger partial charge in [-0.3, -0.25) is 9.59 Å². The normalized spacial score (nSPS) is 17.9. The largest absolute Gasteiger partial charge is 0.508 e. The van der Waals surface area contributed by atoms with Crippen molar-refractivity contribution in [2.24, 2.45) is 11.5 Å². The van der Waals surface area contributed by atoms with Crippen molar-refractivity contribution in [3.05, 3.63) is 29.8 Å². The number of hydrogen-bond acceptors (Lipinski definition) is 7. The quantitative estimate of drug-likeness (QED) is 0.196.